The minimum absolute atomic E-state index is 0.111. The van der Waals surface area contributed by atoms with Crippen LogP contribution in [0.25, 0.3) is 0 Å². The summed E-state index contributed by atoms with van der Waals surface area (Å²) in [6.45, 7) is 11.7. The Labute approximate surface area is 110 Å². The van der Waals surface area contributed by atoms with Crippen LogP contribution in [0.3, 0.4) is 0 Å². The molecule has 2 aliphatic rings. The van der Waals surface area contributed by atoms with E-state index in [4.69, 9.17) is 18.8 Å². The SMILES string of the molecule is CC1(CCCB2OC(C)(C)C(C)(C)O2)OCCO1. The second kappa shape index (κ2) is 4.78. The quantitative estimate of drug-likeness (QED) is 0.724. The first-order valence-electron chi connectivity index (χ1n) is 6.88. The van der Waals surface area contributed by atoms with Crippen molar-refractivity contribution in [1.82, 2.24) is 0 Å². The average molecular weight is 256 g/mol. The van der Waals surface area contributed by atoms with Gasteiger partial charge in [-0.15, -0.1) is 0 Å². The van der Waals surface area contributed by atoms with Crippen LogP contribution in [-0.2, 0) is 18.8 Å². The van der Waals surface area contributed by atoms with Gasteiger partial charge in [0, 0.05) is 6.42 Å². The second-order valence-electron chi connectivity index (χ2n) is 6.41. The van der Waals surface area contributed by atoms with Gasteiger partial charge in [0.15, 0.2) is 5.79 Å². The first kappa shape index (κ1) is 14.3. The molecular weight excluding hydrogens is 231 g/mol. The van der Waals surface area contributed by atoms with Gasteiger partial charge in [0.25, 0.3) is 0 Å². The van der Waals surface area contributed by atoms with E-state index >= 15 is 0 Å². The molecule has 0 N–H and O–H groups in total. The lowest BCUT2D eigenvalue weighted by atomic mass is 9.82. The Kier molecular flexibility index (Phi) is 3.80. The monoisotopic (exact) mass is 256 g/mol. The summed E-state index contributed by atoms with van der Waals surface area (Å²) in [6, 6.07) is 0. The summed E-state index contributed by atoms with van der Waals surface area (Å²) >= 11 is 0. The molecule has 0 aromatic carbocycles. The first-order valence-corrected chi connectivity index (χ1v) is 6.88. The van der Waals surface area contributed by atoms with Crippen LogP contribution in [0, 0.1) is 0 Å². The van der Waals surface area contributed by atoms with Crippen molar-refractivity contribution in [2.75, 3.05) is 13.2 Å². The Bertz CT molecular complexity index is 281. The highest BCUT2D eigenvalue weighted by Gasteiger charge is 2.50. The summed E-state index contributed by atoms with van der Waals surface area (Å²) in [6.07, 6.45) is 2.75. The summed E-state index contributed by atoms with van der Waals surface area (Å²) in [4.78, 5) is 0. The highest BCUT2D eigenvalue weighted by Crippen LogP contribution is 2.38. The molecule has 0 spiro atoms. The van der Waals surface area contributed by atoms with Gasteiger partial charge in [0.1, 0.15) is 0 Å². The van der Waals surface area contributed by atoms with Gasteiger partial charge >= 0.3 is 7.12 Å². The van der Waals surface area contributed by atoms with Gasteiger partial charge in [0.05, 0.1) is 24.4 Å². The topological polar surface area (TPSA) is 36.9 Å². The number of hydrogen-bond acceptors (Lipinski definition) is 4. The molecule has 0 radical (unpaired) electrons. The van der Waals surface area contributed by atoms with Gasteiger partial charge in [-0.2, -0.15) is 0 Å². The predicted octanol–water partition coefficient (Wildman–Crippen LogP) is 2.62. The van der Waals surface area contributed by atoms with E-state index in [0.717, 1.165) is 19.2 Å². The maximum Gasteiger partial charge on any atom is 0.457 e. The standard InChI is InChI=1S/C13H25BO4/c1-11(2)12(3,4)18-14(17-11)8-6-7-13(5)15-9-10-16-13/h6-10H2,1-5H3. The molecule has 4 nitrogen and oxygen atoms in total. The van der Waals surface area contributed by atoms with Gasteiger partial charge in [-0.3, -0.25) is 0 Å². The van der Waals surface area contributed by atoms with Crippen LogP contribution in [0.4, 0.5) is 0 Å². The van der Waals surface area contributed by atoms with E-state index in [1.54, 1.807) is 0 Å². The molecule has 2 saturated heterocycles. The minimum Gasteiger partial charge on any atom is -0.403 e. The molecule has 0 bridgehead atoms. The molecule has 0 saturated carbocycles. The normalized spacial score (nSPS) is 28.8. The minimum atomic E-state index is -0.399. The van der Waals surface area contributed by atoms with Crippen LogP contribution in [0.2, 0.25) is 6.32 Å². The van der Waals surface area contributed by atoms with Gasteiger partial charge in [-0.1, -0.05) is 0 Å². The van der Waals surface area contributed by atoms with E-state index in [0.29, 0.717) is 13.2 Å². The van der Waals surface area contributed by atoms with Crippen LogP contribution >= 0.6 is 0 Å². The fourth-order valence-electron chi connectivity index (χ4n) is 2.37. The van der Waals surface area contributed by atoms with E-state index < -0.39 is 5.79 Å². The lowest BCUT2D eigenvalue weighted by Crippen LogP contribution is -2.41. The average Bonchev–Trinajstić information content (AvgIpc) is 2.70. The largest absolute Gasteiger partial charge is 0.457 e. The van der Waals surface area contributed by atoms with Crippen molar-refractivity contribution in [2.24, 2.45) is 0 Å². The van der Waals surface area contributed by atoms with E-state index in [1.807, 2.05) is 6.92 Å². The zero-order chi connectivity index (χ0) is 13.4. The maximum atomic E-state index is 5.96. The molecule has 0 amide bonds. The fraction of sp³-hybridized carbons (Fsp3) is 1.00. The zero-order valence-electron chi connectivity index (χ0n) is 12.2. The van der Waals surface area contributed by atoms with E-state index in [9.17, 15) is 0 Å². The molecule has 0 aliphatic carbocycles. The van der Waals surface area contributed by atoms with Crippen molar-refractivity contribution >= 4 is 7.12 Å². The Morgan fingerprint density at radius 2 is 1.39 bits per heavy atom. The Hall–Kier alpha value is -0.0951. The third-order valence-corrected chi connectivity index (χ3v) is 4.27. The zero-order valence-corrected chi connectivity index (χ0v) is 12.2. The molecule has 104 valence electrons. The van der Waals surface area contributed by atoms with E-state index in [-0.39, 0.29) is 18.3 Å². The van der Waals surface area contributed by atoms with Crippen molar-refractivity contribution in [3.8, 4) is 0 Å². The van der Waals surface area contributed by atoms with Crippen LogP contribution in [0.15, 0.2) is 0 Å². The van der Waals surface area contributed by atoms with Gasteiger partial charge in [0.2, 0.25) is 0 Å². The Balaban J connectivity index is 1.76. The molecule has 18 heavy (non-hydrogen) atoms. The molecule has 2 aliphatic heterocycles. The van der Waals surface area contributed by atoms with Gasteiger partial charge < -0.3 is 18.8 Å². The first-order chi connectivity index (χ1) is 8.24. The van der Waals surface area contributed by atoms with E-state index in [2.05, 4.69) is 27.7 Å². The molecule has 2 heterocycles. The van der Waals surface area contributed by atoms with Crippen LogP contribution in [0.1, 0.15) is 47.5 Å². The Morgan fingerprint density at radius 3 is 1.89 bits per heavy atom. The van der Waals surface area contributed by atoms with Crippen LogP contribution < -0.4 is 0 Å². The lowest BCUT2D eigenvalue weighted by Gasteiger charge is -2.32. The molecule has 2 fully saturated rings. The smallest absolute Gasteiger partial charge is 0.403 e. The van der Waals surface area contributed by atoms with Crippen LogP contribution in [0.5, 0.6) is 0 Å². The molecule has 5 heteroatoms. The van der Waals surface area contributed by atoms with Crippen molar-refractivity contribution in [3.63, 3.8) is 0 Å². The fourth-order valence-corrected chi connectivity index (χ4v) is 2.37. The third-order valence-electron chi connectivity index (χ3n) is 4.27. The van der Waals surface area contributed by atoms with Gasteiger partial charge in [-0.05, 0) is 47.4 Å². The molecular formula is C13H25BO4. The van der Waals surface area contributed by atoms with Crippen molar-refractivity contribution in [2.45, 2.75) is 70.8 Å². The molecule has 0 unspecified atom stereocenters. The Morgan fingerprint density at radius 1 is 0.889 bits per heavy atom. The highest BCUT2D eigenvalue weighted by atomic mass is 16.7. The number of hydrogen-bond donors (Lipinski definition) is 0. The third kappa shape index (κ3) is 2.90. The van der Waals surface area contributed by atoms with Crippen molar-refractivity contribution < 1.29 is 18.8 Å². The molecule has 0 aromatic heterocycles. The molecule has 0 atom stereocenters. The maximum absolute atomic E-state index is 5.96. The molecule has 2 rings (SSSR count). The summed E-state index contributed by atoms with van der Waals surface area (Å²) in [7, 11) is -0.111. The highest BCUT2D eigenvalue weighted by molar-refractivity contribution is 6.45. The predicted molar refractivity (Wildman–Crippen MR) is 70.4 cm³/mol. The van der Waals surface area contributed by atoms with Crippen molar-refractivity contribution in [3.05, 3.63) is 0 Å². The number of ether oxygens (including phenoxy) is 2. The van der Waals surface area contributed by atoms with E-state index in [1.165, 1.54) is 0 Å². The second-order valence-corrected chi connectivity index (χ2v) is 6.41. The summed E-state index contributed by atoms with van der Waals surface area (Å²) in [5, 5.41) is 0. The lowest BCUT2D eigenvalue weighted by molar-refractivity contribution is -0.146. The van der Waals surface area contributed by atoms with Gasteiger partial charge in [-0.25, -0.2) is 0 Å². The number of rotatable bonds is 4. The summed E-state index contributed by atoms with van der Waals surface area (Å²) in [5.41, 5.74) is -0.468. The summed E-state index contributed by atoms with van der Waals surface area (Å²) in [5.74, 6) is -0.399. The van der Waals surface area contributed by atoms with Crippen molar-refractivity contribution in [1.29, 1.82) is 0 Å². The summed E-state index contributed by atoms with van der Waals surface area (Å²) < 4.78 is 23.1. The van der Waals surface area contributed by atoms with Crippen LogP contribution in [-0.4, -0.2) is 37.3 Å². The molecule has 0 aromatic rings.